The van der Waals surface area contributed by atoms with Crippen molar-refractivity contribution in [1.82, 2.24) is 25.1 Å². The molecular formula is C22H27N5O2. The van der Waals surface area contributed by atoms with Gasteiger partial charge in [-0.25, -0.2) is 4.68 Å². The lowest BCUT2D eigenvalue weighted by Gasteiger charge is -2.18. The molecule has 2 aromatic carbocycles. The molecule has 7 heteroatoms. The lowest BCUT2D eigenvalue weighted by molar-refractivity contribution is 0.414. The van der Waals surface area contributed by atoms with Crippen LogP contribution < -0.4 is 9.47 Å². The number of nitrogens with zero attached hydrogens (tertiary/aromatic N) is 5. The smallest absolute Gasteiger partial charge is 0.178 e. The molecule has 0 bridgehead atoms. The third-order valence-corrected chi connectivity index (χ3v) is 4.76. The Morgan fingerprint density at radius 3 is 1.79 bits per heavy atom. The molecule has 0 saturated heterocycles. The summed E-state index contributed by atoms with van der Waals surface area (Å²) in [7, 11) is 9.33. The second kappa shape index (κ2) is 9.34. The minimum atomic E-state index is 0.758. The van der Waals surface area contributed by atoms with Crippen molar-refractivity contribution in [2.75, 3.05) is 34.9 Å². The molecular weight excluding hydrogens is 366 g/mol. The van der Waals surface area contributed by atoms with Gasteiger partial charge in [-0.3, -0.25) is 0 Å². The summed E-state index contributed by atoms with van der Waals surface area (Å²) in [5, 5.41) is 12.2. The number of tetrazole rings is 1. The van der Waals surface area contributed by atoms with Gasteiger partial charge in [-0.2, -0.15) is 0 Å². The summed E-state index contributed by atoms with van der Waals surface area (Å²) >= 11 is 0. The van der Waals surface area contributed by atoms with Gasteiger partial charge in [-0.1, -0.05) is 24.3 Å². The number of rotatable bonds is 8. The fraction of sp³-hybridized carbons (Fsp3) is 0.318. The van der Waals surface area contributed by atoms with Gasteiger partial charge in [0.1, 0.15) is 11.5 Å². The number of benzene rings is 2. The monoisotopic (exact) mass is 393 g/mol. The van der Waals surface area contributed by atoms with Crippen molar-refractivity contribution in [3.63, 3.8) is 0 Å². The third-order valence-electron chi connectivity index (χ3n) is 4.76. The second-order valence-corrected chi connectivity index (χ2v) is 6.99. The van der Waals surface area contributed by atoms with Gasteiger partial charge in [0.25, 0.3) is 0 Å². The summed E-state index contributed by atoms with van der Waals surface area (Å²) in [4.78, 5) is 2.16. The first-order chi connectivity index (χ1) is 14.0. The third kappa shape index (κ3) is 4.81. The van der Waals surface area contributed by atoms with E-state index in [0.29, 0.717) is 0 Å². The van der Waals surface area contributed by atoms with Crippen LogP contribution >= 0.6 is 0 Å². The van der Waals surface area contributed by atoms with Crippen molar-refractivity contribution in [2.24, 2.45) is 7.05 Å². The zero-order valence-corrected chi connectivity index (χ0v) is 17.6. The van der Waals surface area contributed by atoms with Gasteiger partial charge in [-0.15, -0.1) is 5.10 Å². The van der Waals surface area contributed by atoms with Gasteiger partial charge in [0.15, 0.2) is 5.82 Å². The van der Waals surface area contributed by atoms with Gasteiger partial charge in [0.2, 0.25) is 0 Å². The molecule has 0 fully saturated rings. The van der Waals surface area contributed by atoms with Gasteiger partial charge in [0, 0.05) is 19.2 Å². The van der Waals surface area contributed by atoms with Crippen LogP contribution in [0, 0.1) is 0 Å². The summed E-state index contributed by atoms with van der Waals surface area (Å²) in [5.74, 6) is 2.39. The van der Waals surface area contributed by atoms with E-state index in [4.69, 9.17) is 9.47 Å². The molecule has 3 aromatic rings. The van der Waals surface area contributed by atoms with E-state index in [1.54, 1.807) is 18.9 Å². The molecule has 0 aliphatic carbocycles. The minimum absolute atomic E-state index is 0.758. The molecule has 7 nitrogen and oxygen atoms in total. The van der Waals surface area contributed by atoms with E-state index in [-0.39, 0.29) is 0 Å². The van der Waals surface area contributed by atoms with Crippen LogP contribution in [0.5, 0.6) is 11.5 Å². The Morgan fingerprint density at radius 1 is 0.897 bits per heavy atom. The van der Waals surface area contributed by atoms with E-state index in [1.165, 1.54) is 0 Å². The van der Waals surface area contributed by atoms with Crippen LogP contribution in [-0.2, 0) is 7.05 Å². The molecule has 3 rings (SSSR count). The molecule has 0 aliphatic rings. The molecule has 0 spiro atoms. The van der Waals surface area contributed by atoms with Crippen molar-refractivity contribution in [3.8, 4) is 11.5 Å². The maximum absolute atomic E-state index is 5.34. The molecule has 0 N–H and O–H groups in total. The molecule has 0 saturated carbocycles. The fourth-order valence-corrected chi connectivity index (χ4v) is 3.20. The number of hydrogen-bond donors (Lipinski definition) is 0. The topological polar surface area (TPSA) is 65.3 Å². The molecule has 1 aromatic heterocycles. The van der Waals surface area contributed by atoms with E-state index in [2.05, 4.69) is 58.8 Å². The Bertz CT molecular complexity index is 910. The minimum Gasteiger partial charge on any atom is -0.497 e. The zero-order chi connectivity index (χ0) is 20.8. The first-order valence-electron chi connectivity index (χ1n) is 9.43. The van der Waals surface area contributed by atoms with Gasteiger partial charge in [-0.05, 0) is 71.9 Å². The average molecular weight is 393 g/mol. The molecule has 152 valence electrons. The van der Waals surface area contributed by atoms with Crippen LogP contribution in [0.3, 0.4) is 0 Å². The van der Waals surface area contributed by atoms with E-state index in [1.807, 2.05) is 31.3 Å². The predicted molar refractivity (Wildman–Crippen MR) is 114 cm³/mol. The van der Waals surface area contributed by atoms with Crippen molar-refractivity contribution in [3.05, 3.63) is 65.5 Å². The van der Waals surface area contributed by atoms with Crippen molar-refractivity contribution in [2.45, 2.75) is 6.42 Å². The maximum Gasteiger partial charge on any atom is 0.178 e. The quantitative estimate of drug-likeness (QED) is 0.586. The summed E-state index contributed by atoms with van der Waals surface area (Å²) in [6.07, 6.45) is 0.800. The Hall–Kier alpha value is -3.19. The van der Waals surface area contributed by atoms with Crippen LogP contribution in [-0.4, -0.2) is 60.0 Å². The molecule has 0 atom stereocenters. The zero-order valence-electron chi connectivity index (χ0n) is 17.6. The van der Waals surface area contributed by atoms with Crippen LogP contribution in [0.15, 0.2) is 48.5 Å². The highest BCUT2D eigenvalue weighted by Crippen LogP contribution is 2.34. The molecule has 29 heavy (non-hydrogen) atoms. The number of aryl methyl sites for hydroxylation is 1. The Morgan fingerprint density at radius 2 is 1.41 bits per heavy atom. The fourth-order valence-electron chi connectivity index (χ4n) is 3.20. The first-order valence-corrected chi connectivity index (χ1v) is 9.43. The van der Waals surface area contributed by atoms with Crippen molar-refractivity contribution >= 4 is 11.1 Å². The highest BCUT2D eigenvalue weighted by molar-refractivity contribution is 5.97. The van der Waals surface area contributed by atoms with E-state index in [9.17, 15) is 0 Å². The van der Waals surface area contributed by atoms with E-state index >= 15 is 0 Å². The molecule has 0 amide bonds. The number of aromatic nitrogens is 4. The number of ether oxygens (including phenoxy) is 2. The summed E-state index contributed by atoms with van der Waals surface area (Å²) in [6.45, 7) is 0.873. The normalized spacial score (nSPS) is 10.8. The molecule has 0 aliphatic heterocycles. The molecule has 1 heterocycles. The van der Waals surface area contributed by atoms with E-state index in [0.717, 1.165) is 52.6 Å². The summed E-state index contributed by atoms with van der Waals surface area (Å²) < 4.78 is 12.4. The Balaban J connectivity index is 2.23. The van der Waals surface area contributed by atoms with Crippen molar-refractivity contribution < 1.29 is 9.47 Å². The molecule has 0 unspecified atom stereocenters. The first kappa shape index (κ1) is 20.5. The second-order valence-electron chi connectivity index (χ2n) is 6.99. The average Bonchev–Trinajstić information content (AvgIpc) is 3.17. The summed E-state index contributed by atoms with van der Waals surface area (Å²) in [6, 6.07) is 16.1. The SMILES string of the molecule is COc1ccc(C(=C(CCN(C)C)c2nnnn2C)c2ccc(OC)cc2)cc1. The predicted octanol–water partition coefficient (Wildman–Crippen LogP) is 3.14. The van der Waals surface area contributed by atoms with Crippen LogP contribution in [0.25, 0.3) is 11.1 Å². The maximum atomic E-state index is 5.34. The summed E-state index contributed by atoms with van der Waals surface area (Å²) in [5.41, 5.74) is 4.33. The van der Waals surface area contributed by atoms with E-state index < -0.39 is 0 Å². The van der Waals surface area contributed by atoms with Gasteiger partial charge in [0.05, 0.1) is 14.2 Å². The Labute approximate surface area is 171 Å². The number of methoxy groups -OCH3 is 2. The molecule has 0 radical (unpaired) electrons. The standard InChI is InChI=1S/C22H27N5O2/c1-26(2)15-14-20(22-23-24-25-27(22)3)21(16-6-10-18(28-4)11-7-16)17-8-12-19(29-5)13-9-17/h6-13H,14-15H2,1-5H3. The van der Waals surface area contributed by atoms with Crippen molar-refractivity contribution in [1.29, 1.82) is 0 Å². The highest BCUT2D eigenvalue weighted by atomic mass is 16.5. The van der Waals surface area contributed by atoms with Crippen LogP contribution in [0.1, 0.15) is 23.4 Å². The van der Waals surface area contributed by atoms with Gasteiger partial charge < -0.3 is 14.4 Å². The Kier molecular flexibility index (Phi) is 6.61. The highest BCUT2D eigenvalue weighted by Gasteiger charge is 2.19. The lowest BCUT2D eigenvalue weighted by atomic mass is 9.90. The van der Waals surface area contributed by atoms with Gasteiger partial charge >= 0.3 is 0 Å². The largest absolute Gasteiger partial charge is 0.497 e. The lowest BCUT2D eigenvalue weighted by Crippen LogP contribution is -2.15. The van der Waals surface area contributed by atoms with Crippen LogP contribution in [0.4, 0.5) is 0 Å². The van der Waals surface area contributed by atoms with Crippen LogP contribution in [0.2, 0.25) is 0 Å². The number of hydrogen-bond acceptors (Lipinski definition) is 6.